The highest BCUT2D eigenvalue weighted by Gasteiger charge is 2.24. The van der Waals surface area contributed by atoms with Crippen LogP contribution >= 0.6 is 23.2 Å². The number of fused-ring (bicyclic) bond motifs is 1. The van der Waals surface area contributed by atoms with Crippen LogP contribution < -0.4 is 4.90 Å². The predicted molar refractivity (Wildman–Crippen MR) is 119 cm³/mol. The number of pyridine rings is 1. The van der Waals surface area contributed by atoms with Crippen molar-refractivity contribution in [3.63, 3.8) is 0 Å². The Kier molecular flexibility index (Phi) is 5.25. The third kappa shape index (κ3) is 3.84. The Morgan fingerprint density at radius 1 is 0.967 bits per heavy atom. The van der Waals surface area contributed by atoms with Crippen molar-refractivity contribution in [1.29, 1.82) is 0 Å². The van der Waals surface area contributed by atoms with Gasteiger partial charge in [-0.2, -0.15) is 0 Å². The first kappa shape index (κ1) is 19.2. The summed E-state index contributed by atoms with van der Waals surface area (Å²) in [4.78, 5) is 26.1. The van der Waals surface area contributed by atoms with Gasteiger partial charge >= 0.3 is 0 Å². The molecule has 0 atom stereocenters. The van der Waals surface area contributed by atoms with Gasteiger partial charge in [0, 0.05) is 61.4 Å². The zero-order valence-electron chi connectivity index (χ0n) is 16.1. The zero-order valence-corrected chi connectivity index (χ0v) is 17.6. The maximum Gasteiger partial charge on any atom is 0.159 e. The van der Waals surface area contributed by atoms with E-state index in [9.17, 15) is 0 Å². The second kappa shape index (κ2) is 8.18. The molecule has 1 aliphatic rings. The Hall–Kier alpha value is -2.74. The topological polar surface area (TPSA) is 73.8 Å². The Morgan fingerprint density at radius 3 is 2.63 bits per heavy atom. The van der Waals surface area contributed by atoms with Crippen LogP contribution in [0.15, 0.2) is 49.1 Å². The van der Waals surface area contributed by atoms with Gasteiger partial charge in [0.25, 0.3) is 0 Å². The molecule has 7 nitrogen and oxygen atoms in total. The molecule has 4 heterocycles. The molecule has 0 saturated carbocycles. The molecule has 1 saturated heterocycles. The second-order valence-corrected chi connectivity index (χ2v) is 8.04. The number of nitrogens with zero attached hydrogens (tertiary/aromatic N) is 6. The Morgan fingerprint density at radius 2 is 1.83 bits per heavy atom. The zero-order chi connectivity index (χ0) is 20.5. The van der Waals surface area contributed by atoms with Gasteiger partial charge in [0.05, 0.1) is 11.7 Å². The van der Waals surface area contributed by atoms with Gasteiger partial charge in [-0.1, -0.05) is 23.2 Å². The van der Waals surface area contributed by atoms with Crippen LogP contribution in [0.3, 0.4) is 0 Å². The average Bonchev–Trinajstić information content (AvgIpc) is 3.31. The van der Waals surface area contributed by atoms with E-state index in [-0.39, 0.29) is 0 Å². The number of hydrogen-bond acceptors (Lipinski definition) is 6. The van der Waals surface area contributed by atoms with E-state index in [2.05, 4.69) is 24.8 Å². The number of piperazine rings is 1. The smallest absolute Gasteiger partial charge is 0.159 e. The standard InChI is InChI=1S/C21H19Cl2N7/c22-15-1-2-16(23)14(11-15)13-29-7-9-30(10-8-29)21-19(20-25-5-6-26-20)27-17-3-4-24-12-18(17)28-21/h1-6,11-12H,7-10,13H2,(H,25,26). The number of imidazole rings is 1. The number of H-pyrrole nitrogens is 1. The molecule has 152 valence electrons. The molecular weight excluding hydrogens is 421 g/mol. The quantitative estimate of drug-likeness (QED) is 0.516. The van der Waals surface area contributed by atoms with Crippen LogP contribution in [0.25, 0.3) is 22.6 Å². The molecule has 4 aromatic rings. The maximum absolute atomic E-state index is 6.34. The minimum absolute atomic E-state index is 0.705. The van der Waals surface area contributed by atoms with E-state index in [0.29, 0.717) is 10.8 Å². The summed E-state index contributed by atoms with van der Waals surface area (Å²) in [5.74, 6) is 1.54. The molecular formula is C21H19Cl2N7. The monoisotopic (exact) mass is 439 g/mol. The normalized spacial score (nSPS) is 15.1. The fourth-order valence-electron chi connectivity index (χ4n) is 3.69. The summed E-state index contributed by atoms with van der Waals surface area (Å²) in [5.41, 5.74) is 3.38. The number of benzene rings is 1. The van der Waals surface area contributed by atoms with Crippen LogP contribution in [0.2, 0.25) is 10.0 Å². The average molecular weight is 440 g/mol. The number of halogens is 2. The summed E-state index contributed by atoms with van der Waals surface area (Å²) in [5, 5.41) is 1.45. The molecule has 1 N–H and O–H groups in total. The fraction of sp³-hybridized carbons (Fsp3) is 0.238. The van der Waals surface area contributed by atoms with Gasteiger partial charge < -0.3 is 9.88 Å². The summed E-state index contributed by atoms with van der Waals surface area (Å²) in [7, 11) is 0. The van der Waals surface area contributed by atoms with E-state index in [1.807, 2.05) is 24.3 Å². The van der Waals surface area contributed by atoms with Crippen LogP contribution in [-0.2, 0) is 6.54 Å². The van der Waals surface area contributed by atoms with Crippen molar-refractivity contribution in [3.8, 4) is 11.5 Å². The lowest BCUT2D eigenvalue weighted by Crippen LogP contribution is -2.46. The van der Waals surface area contributed by atoms with Gasteiger partial charge in [-0.15, -0.1) is 0 Å². The highest BCUT2D eigenvalue weighted by molar-refractivity contribution is 6.33. The minimum Gasteiger partial charge on any atom is -0.352 e. The van der Waals surface area contributed by atoms with Gasteiger partial charge in [-0.25, -0.2) is 15.0 Å². The van der Waals surface area contributed by atoms with Crippen molar-refractivity contribution in [3.05, 3.63) is 64.7 Å². The molecule has 5 rings (SSSR count). The molecule has 0 bridgehead atoms. The molecule has 1 fully saturated rings. The fourth-order valence-corrected chi connectivity index (χ4v) is 4.07. The molecule has 0 aliphatic carbocycles. The first-order valence-electron chi connectivity index (χ1n) is 9.70. The van der Waals surface area contributed by atoms with Gasteiger partial charge in [0.15, 0.2) is 11.6 Å². The molecule has 3 aromatic heterocycles. The maximum atomic E-state index is 6.34. The van der Waals surface area contributed by atoms with Crippen LogP contribution in [-0.4, -0.2) is 56.0 Å². The Bertz CT molecular complexity index is 1170. The number of nitrogens with one attached hydrogen (secondary N) is 1. The highest BCUT2D eigenvalue weighted by Crippen LogP contribution is 2.29. The summed E-state index contributed by atoms with van der Waals surface area (Å²) < 4.78 is 0. The van der Waals surface area contributed by atoms with E-state index < -0.39 is 0 Å². The largest absolute Gasteiger partial charge is 0.352 e. The predicted octanol–water partition coefficient (Wildman–Crippen LogP) is 4.04. The van der Waals surface area contributed by atoms with Crippen molar-refractivity contribution in [1.82, 2.24) is 29.8 Å². The van der Waals surface area contributed by atoms with Crippen molar-refractivity contribution in [2.24, 2.45) is 0 Å². The molecule has 1 aliphatic heterocycles. The molecule has 0 spiro atoms. The summed E-state index contributed by atoms with van der Waals surface area (Å²) in [6.45, 7) is 4.19. The molecule has 1 aromatic carbocycles. The van der Waals surface area contributed by atoms with Crippen LogP contribution in [0.5, 0.6) is 0 Å². The van der Waals surface area contributed by atoms with Crippen molar-refractivity contribution in [2.75, 3.05) is 31.1 Å². The number of aromatic nitrogens is 5. The van der Waals surface area contributed by atoms with Gasteiger partial charge in [0.1, 0.15) is 11.2 Å². The third-order valence-electron chi connectivity index (χ3n) is 5.24. The number of aromatic amines is 1. The van der Waals surface area contributed by atoms with E-state index in [0.717, 1.165) is 65.9 Å². The lowest BCUT2D eigenvalue weighted by atomic mass is 10.2. The van der Waals surface area contributed by atoms with Crippen molar-refractivity contribution >= 4 is 40.1 Å². The minimum atomic E-state index is 0.705. The van der Waals surface area contributed by atoms with E-state index in [1.54, 1.807) is 24.8 Å². The second-order valence-electron chi connectivity index (χ2n) is 7.20. The van der Waals surface area contributed by atoms with Crippen LogP contribution in [0.1, 0.15) is 5.56 Å². The SMILES string of the molecule is Clc1ccc(Cl)c(CN2CCN(c3nc4cnccc4nc3-c3ncc[nH]3)CC2)c1. The number of anilines is 1. The summed E-state index contributed by atoms with van der Waals surface area (Å²) >= 11 is 12.5. The van der Waals surface area contributed by atoms with Crippen molar-refractivity contribution in [2.45, 2.75) is 6.54 Å². The number of hydrogen-bond donors (Lipinski definition) is 1. The van der Waals surface area contributed by atoms with Crippen molar-refractivity contribution < 1.29 is 0 Å². The third-order valence-corrected chi connectivity index (χ3v) is 5.85. The van der Waals surface area contributed by atoms with E-state index in [4.69, 9.17) is 33.2 Å². The van der Waals surface area contributed by atoms with E-state index in [1.165, 1.54) is 0 Å². The molecule has 0 radical (unpaired) electrons. The number of rotatable bonds is 4. The first-order chi connectivity index (χ1) is 14.7. The Labute approximate surface area is 183 Å². The van der Waals surface area contributed by atoms with Crippen LogP contribution in [0.4, 0.5) is 5.82 Å². The van der Waals surface area contributed by atoms with Gasteiger partial charge in [-0.05, 0) is 29.8 Å². The van der Waals surface area contributed by atoms with Gasteiger partial charge in [0.2, 0.25) is 0 Å². The molecule has 0 unspecified atom stereocenters. The van der Waals surface area contributed by atoms with Gasteiger partial charge in [-0.3, -0.25) is 9.88 Å². The molecule has 30 heavy (non-hydrogen) atoms. The molecule has 9 heteroatoms. The Balaban J connectivity index is 1.39. The lowest BCUT2D eigenvalue weighted by Gasteiger charge is -2.36. The van der Waals surface area contributed by atoms with Crippen LogP contribution in [0, 0.1) is 0 Å². The highest BCUT2D eigenvalue weighted by atomic mass is 35.5. The lowest BCUT2D eigenvalue weighted by molar-refractivity contribution is 0.249. The first-order valence-corrected chi connectivity index (χ1v) is 10.5. The molecule has 0 amide bonds. The summed E-state index contributed by atoms with van der Waals surface area (Å²) in [6, 6.07) is 7.47. The van der Waals surface area contributed by atoms with E-state index >= 15 is 0 Å². The summed E-state index contributed by atoms with van der Waals surface area (Å²) in [6.07, 6.45) is 6.99.